The molecule has 4 N–H and O–H groups in total. The number of rotatable bonds is 8. The molecule has 0 radical (unpaired) electrons. The highest BCUT2D eigenvalue weighted by molar-refractivity contribution is 5.95. The van der Waals surface area contributed by atoms with Crippen LogP contribution < -0.4 is 5.73 Å². The van der Waals surface area contributed by atoms with Gasteiger partial charge in [0.25, 0.3) is 0 Å². The van der Waals surface area contributed by atoms with E-state index in [9.17, 15) is 19.2 Å². The minimum atomic E-state index is -1.20. The summed E-state index contributed by atoms with van der Waals surface area (Å²) >= 11 is 0. The van der Waals surface area contributed by atoms with Gasteiger partial charge in [0.1, 0.15) is 0 Å². The molecule has 22 heavy (non-hydrogen) atoms. The van der Waals surface area contributed by atoms with Crippen molar-refractivity contribution in [1.82, 2.24) is 4.90 Å². The van der Waals surface area contributed by atoms with Crippen molar-refractivity contribution in [2.45, 2.75) is 44.6 Å². The van der Waals surface area contributed by atoms with Crippen LogP contribution in [0.1, 0.15) is 39.0 Å². The van der Waals surface area contributed by atoms with Crippen LogP contribution >= 0.6 is 0 Å². The van der Waals surface area contributed by atoms with Gasteiger partial charge in [-0.2, -0.15) is 0 Å². The van der Waals surface area contributed by atoms with Gasteiger partial charge in [0.05, 0.1) is 18.0 Å². The molecule has 1 rings (SSSR count). The topological polar surface area (TPSA) is 138 Å². The molecule has 8 heteroatoms. The molecular weight excluding hydrogens is 292 g/mol. The molecule has 1 aliphatic heterocycles. The van der Waals surface area contributed by atoms with Crippen molar-refractivity contribution in [3.8, 4) is 0 Å². The number of ketones is 1. The number of likely N-dealkylation sites (tertiary alicyclic amines) is 1. The molecule has 0 aromatic carbocycles. The second-order valence-electron chi connectivity index (χ2n) is 5.72. The Morgan fingerprint density at radius 2 is 1.91 bits per heavy atom. The van der Waals surface area contributed by atoms with E-state index in [-0.39, 0.29) is 37.5 Å². The number of carboxylic acids is 2. The van der Waals surface area contributed by atoms with Crippen LogP contribution in [0.5, 0.6) is 0 Å². The first-order valence-corrected chi connectivity index (χ1v) is 7.20. The number of hydrogen-bond donors (Lipinski definition) is 3. The first-order valence-electron chi connectivity index (χ1n) is 7.20. The second kappa shape index (κ2) is 7.35. The van der Waals surface area contributed by atoms with E-state index >= 15 is 0 Å². The molecule has 0 saturated carbocycles. The zero-order valence-corrected chi connectivity index (χ0v) is 12.6. The lowest BCUT2D eigenvalue weighted by atomic mass is 9.85. The van der Waals surface area contributed by atoms with Crippen LogP contribution in [0.4, 0.5) is 0 Å². The van der Waals surface area contributed by atoms with Crippen molar-refractivity contribution in [2.24, 2.45) is 11.7 Å². The standard InChI is InChI=1S/C14H22N2O6/c1-14(5-2-6-16(14)11(18)8-15)10(17)7-9(13(21)22)3-4-12(19)20/h9H,2-8,15H2,1H3,(H,19,20)(H,21,22)/t9-,14+/m1/s1. The van der Waals surface area contributed by atoms with Gasteiger partial charge in [-0.05, 0) is 26.2 Å². The molecule has 2 atom stereocenters. The monoisotopic (exact) mass is 314 g/mol. The number of carbonyl (C=O) groups excluding carboxylic acids is 2. The Balaban J connectivity index is 2.81. The summed E-state index contributed by atoms with van der Waals surface area (Å²) in [5.41, 5.74) is 4.29. The largest absolute Gasteiger partial charge is 0.481 e. The van der Waals surface area contributed by atoms with Crippen molar-refractivity contribution in [3.05, 3.63) is 0 Å². The maximum atomic E-state index is 12.5. The molecule has 1 saturated heterocycles. The molecule has 0 unspecified atom stereocenters. The Hall–Kier alpha value is -1.96. The van der Waals surface area contributed by atoms with E-state index in [0.717, 1.165) is 0 Å². The molecule has 0 aromatic rings. The third-order valence-electron chi connectivity index (χ3n) is 4.21. The minimum Gasteiger partial charge on any atom is -0.481 e. The average molecular weight is 314 g/mol. The predicted molar refractivity (Wildman–Crippen MR) is 76.0 cm³/mol. The van der Waals surface area contributed by atoms with Gasteiger partial charge in [-0.25, -0.2) is 0 Å². The Morgan fingerprint density at radius 1 is 1.27 bits per heavy atom. The summed E-state index contributed by atoms with van der Waals surface area (Å²) in [6.45, 7) is 1.83. The maximum absolute atomic E-state index is 12.5. The summed E-state index contributed by atoms with van der Waals surface area (Å²) in [5, 5.41) is 17.8. The summed E-state index contributed by atoms with van der Waals surface area (Å²) in [4.78, 5) is 47.5. The second-order valence-corrected chi connectivity index (χ2v) is 5.72. The molecule has 1 heterocycles. The number of amides is 1. The Kier molecular flexibility index (Phi) is 6.04. The number of nitrogens with zero attached hydrogens (tertiary/aromatic N) is 1. The fourth-order valence-electron chi connectivity index (χ4n) is 2.82. The zero-order valence-electron chi connectivity index (χ0n) is 12.6. The van der Waals surface area contributed by atoms with Gasteiger partial charge < -0.3 is 20.8 Å². The normalized spacial score (nSPS) is 22.4. The molecule has 8 nitrogen and oxygen atoms in total. The Labute approximate surface area is 128 Å². The fraction of sp³-hybridized carbons (Fsp3) is 0.714. The number of carboxylic acid groups (broad SMARTS) is 2. The fourth-order valence-corrected chi connectivity index (χ4v) is 2.82. The van der Waals surface area contributed by atoms with E-state index in [2.05, 4.69) is 0 Å². The lowest BCUT2D eigenvalue weighted by molar-refractivity contribution is -0.148. The van der Waals surface area contributed by atoms with Gasteiger partial charge in [-0.3, -0.25) is 19.2 Å². The van der Waals surface area contributed by atoms with Crippen LogP contribution in [0.25, 0.3) is 0 Å². The SMILES string of the molecule is C[C@@]1(C(=O)C[C@@H](CCC(=O)O)C(=O)O)CCCN1C(=O)CN. The molecule has 0 aliphatic carbocycles. The molecule has 1 aliphatic rings. The van der Waals surface area contributed by atoms with Crippen LogP contribution in [0.3, 0.4) is 0 Å². The molecule has 1 amide bonds. The summed E-state index contributed by atoms with van der Waals surface area (Å²) < 4.78 is 0. The molecule has 0 bridgehead atoms. The lowest BCUT2D eigenvalue weighted by Crippen LogP contribution is -2.53. The number of Topliss-reactive ketones (excluding diaryl/α,β-unsaturated/α-hetero) is 1. The molecule has 124 valence electrons. The van der Waals surface area contributed by atoms with E-state index in [1.807, 2.05) is 0 Å². The van der Waals surface area contributed by atoms with Crippen molar-refractivity contribution < 1.29 is 29.4 Å². The summed E-state index contributed by atoms with van der Waals surface area (Å²) in [7, 11) is 0. The number of carbonyl (C=O) groups is 4. The van der Waals surface area contributed by atoms with Crippen LogP contribution in [0.15, 0.2) is 0 Å². The van der Waals surface area contributed by atoms with Crippen molar-refractivity contribution in [1.29, 1.82) is 0 Å². The highest BCUT2D eigenvalue weighted by Crippen LogP contribution is 2.32. The first kappa shape index (κ1) is 18.1. The highest BCUT2D eigenvalue weighted by atomic mass is 16.4. The maximum Gasteiger partial charge on any atom is 0.306 e. The van der Waals surface area contributed by atoms with Crippen LogP contribution in [0.2, 0.25) is 0 Å². The van der Waals surface area contributed by atoms with Gasteiger partial charge >= 0.3 is 11.9 Å². The van der Waals surface area contributed by atoms with Crippen molar-refractivity contribution in [2.75, 3.05) is 13.1 Å². The van der Waals surface area contributed by atoms with Crippen molar-refractivity contribution in [3.63, 3.8) is 0 Å². The molecule has 0 aromatic heterocycles. The van der Waals surface area contributed by atoms with Gasteiger partial charge in [0.2, 0.25) is 5.91 Å². The minimum absolute atomic E-state index is 0.114. The molecule has 1 fully saturated rings. The summed E-state index contributed by atoms with van der Waals surface area (Å²) in [6.07, 6.45) is 0.404. The predicted octanol–water partition coefficient (Wildman–Crippen LogP) is -0.149. The first-order chi connectivity index (χ1) is 10.2. The summed E-state index contributed by atoms with van der Waals surface area (Å²) in [5.74, 6) is -4.06. The van der Waals surface area contributed by atoms with Crippen LogP contribution in [-0.2, 0) is 19.2 Å². The van der Waals surface area contributed by atoms with Gasteiger partial charge in [0, 0.05) is 19.4 Å². The number of nitrogens with two attached hydrogens (primary N) is 1. The van der Waals surface area contributed by atoms with Crippen LogP contribution in [-0.4, -0.2) is 57.4 Å². The number of aliphatic carboxylic acids is 2. The third kappa shape index (κ3) is 4.03. The number of hydrogen-bond acceptors (Lipinski definition) is 5. The van der Waals surface area contributed by atoms with E-state index in [4.69, 9.17) is 15.9 Å². The third-order valence-corrected chi connectivity index (χ3v) is 4.21. The molecule has 0 spiro atoms. The van der Waals surface area contributed by atoms with Gasteiger partial charge in [-0.15, -0.1) is 0 Å². The van der Waals surface area contributed by atoms with E-state index in [1.165, 1.54) is 4.90 Å². The Bertz CT molecular complexity index is 478. The van der Waals surface area contributed by atoms with Gasteiger partial charge in [0.15, 0.2) is 5.78 Å². The zero-order chi connectivity index (χ0) is 16.9. The van der Waals surface area contributed by atoms with Crippen LogP contribution in [0, 0.1) is 5.92 Å². The smallest absolute Gasteiger partial charge is 0.306 e. The Morgan fingerprint density at radius 3 is 2.41 bits per heavy atom. The molecular formula is C14H22N2O6. The quantitative estimate of drug-likeness (QED) is 0.566. The highest BCUT2D eigenvalue weighted by Gasteiger charge is 2.45. The summed E-state index contributed by atoms with van der Waals surface area (Å²) in [6, 6.07) is 0. The lowest BCUT2D eigenvalue weighted by Gasteiger charge is -2.34. The van der Waals surface area contributed by atoms with E-state index in [1.54, 1.807) is 6.92 Å². The van der Waals surface area contributed by atoms with Gasteiger partial charge in [-0.1, -0.05) is 0 Å². The van der Waals surface area contributed by atoms with Crippen molar-refractivity contribution >= 4 is 23.6 Å². The van der Waals surface area contributed by atoms with E-state index in [0.29, 0.717) is 19.4 Å². The van der Waals surface area contributed by atoms with E-state index < -0.39 is 23.4 Å². The average Bonchev–Trinajstić information content (AvgIpc) is 2.85.